The molecule has 0 aromatic heterocycles. The molecule has 0 bridgehead atoms. The second-order valence-corrected chi connectivity index (χ2v) is 10.1. The van der Waals surface area contributed by atoms with E-state index in [0.29, 0.717) is 0 Å². The molecule has 0 aliphatic rings. The first kappa shape index (κ1) is 29.5. The van der Waals surface area contributed by atoms with Crippen molar-refractivity contribution >= 4 is 56.8 Å². The fraction of sp³-hybridized carbons (Fsp3) is 0.250. The van der Waals surface area contributed by atoms with Crippen LogP contribution in [0.5, 0.6) is 0 Å². The molecule has 0 radical (unpaired) electrons. The third kappa shape index (κ3) is 7.39. The number of carboxylic acids is 1. The van der Waals surface area contributed by atoms with Crippen LogP contribution in [-0.2, 0) is 19.6 Å². The van der Waals surface area contributed by atoms with Gasteiger partial charge >= 0.3 is 29.8 Å². The second kappa shape index (κ2) is 11.5. The van der Waals surface area contributed by atoms with E-state index in [1.165, 1.54) is 41.5 Å². The largest absolute Gasteiger partial charge is 0.477 e. The number of urea groups is 1. The standard InChI is InChI=1S/C20H21F4N5O6S2/c1-11(36-2)25-18(33)26-14-4-3-5-15(10-14)37(34,35)29-13-8-6-12(7-9-13)27-28-16(30)19(21,22)20(23,24)17(31)32/h3-11,27,29H,1-2H3,(H,28,30)(H,31,32)(H2,25,26,33). The van der Waals surface area contributed by atoms with Crippen molar-refractivity contribution in [2.75, 3.05) is 21.7 Å². The Bertz CT molecular complexity index is 1260. The summed E-state index contributed by atoms with van der Waals surface area (Å²) in [5, 5.41) is 13.2. The first-order chi connectivity index (χ1) is 17.1. The van der Waals surface area contributed by atoms with Gasteiger partial charge in [-0.05, 0) is 55.6 Å². The number of thioether (sulfide) groups is 1. The van der Waals surface area contributed by atoms with E-state index in [4.69, 9.17) is 5.11 Å². The third-order valence-electron chi connectivity index (χ3n) is 4.50. The minimum absolute atomic E-state index is 0.00418. The number of hydrazine groups is 1. The maximum absolute atomic E-state index is 13.4. The highest BCUT2D eigenvalue weighted by molar-refractivity contribution is 7.99. The van der Waals surface area contributed by atoms with Gasteiger partial charge in [0, 0.05) is 11.4 Å². The molecule has 2 aromatic carbocycles. The van der Waals surface area contributed by atoms with Crippen molar-refractivity contribution in [2.24, 2.45) is 0 Å². The first-order valence-electron chi connectivity index (χ1n) is 9.99. The van der Waals surface area contributed by atoms with E-state index in [2.05, 4.69) is 15.4 Å². The topological polar surface area (TPSA) is 166 Å². The molecule has 202 valence electrons. The van der Waals surface area contributed by atoms with Crippen LogP contribution >= 0.6 is 11.8 Å². The van der Waals surface area contributed by atoms with Gasteiger partial charge in [-0.2, -0.15) is 17.6 Å². The van der Waals surface area contributed by atoms with E-state index >= 15 is 0 Å². The highest BCUT2D eigenvalue weighted by Gasteiger charge is 2.67. The summed E-state index contributed by atoms with van der Waals surface area (Å²) >= 11 is 1.39. The summed E-state index contributed by atoms with van der Waals surface area (Å²) in [5.41, 5.74) is 3.25. The Morgan fingerprint density at radius 3 is 2.11 bits per heavy atom. The molecule has 2 rings (SSSR count). The molecule has 0 saturated heterocycles. The highest BCUT2D eigenvalue weighted by atomic mass is 32.2. The van der Waals surface area contributed by atoms with E-state index in [9.17, 15) is 40.4 Å². The van der Waals surface area contributed by atoms with Crippen molar-refractivity contribution in [1.29, 1.82) is 0 Å². The van der Waals surface area contributed by atoms with Crippen molar-refractivity contribution in [2.45, 2.75) is 29.0 Å². The molecule has 37 heavy (non-hydrogen) atoms. The quantitative estimate of drug-likeness (QED) is 0.137. The molecule has 1 unspecified atom stereocenters. The van der Waals surface area contributed by atoms with Gasteiger partial charge in [-0.25, -0.2) is 18.0 Å². The van der Waals surface area contributed by atoms with Crippen LogP contribution in [0.15, 0.2) is 53.4 Å². The van der Waals surface area contributed by atoms with Crippen LogP contribution in [0, 0.1) is 0 Å². The number of sulfonamides is 1. The van der Waals surface area contributed by atoms with Gasteiger partial charge < -0.3 is 15.7 Å². The number of anilines is 3. The maximum atomic E-state index is 13.4. The van der Waals surface area contributed by atoms with Crippen LogP contribution in [0.1, 0.15) is 6.92 Å². The predicted molar refractivity (Wildman–Crippen MR) is 128 cm³/mol. The number of hydrogen-bond acceptors (Lipinski definition) is 7. The fourth-order valence-corrected chi connectivity index (χ4v) is 3.80. The van der Waals surface area contributed by atoms with Crippen molar-refractivity contribution < 1.29 is 45.5 Å². The molecule has 11 nitrogen and oxygen atoms in total. The summed E-state index contributed by atoms with van der Waals surface area (Å²) in [7, 11) is -4.14. The summed E-state index contributed by atoms with van der Waals surface area (Å²) in [6, 6.07) is 9.38. The number of alkyl halides is 4. The molecular weight excluding hydrogens is 546 g/mol. The Balaban J connectivity index is 2.04. The van der Waals surface area contributed by atoms with Gasteiger partial charge in [0.15, 0.2) is 0 Å². The van der Waals surface area contributed by atoms with Crippen molar-refractivity contribution in [3.8, 4) is 0 Å². The number of aliphatic carboxylic acids is 1. The van der Waals surface area contributed by atoms with Gasteiger partial charge in [0.05, 0.1) is 16.0 Å². The first-order valence-corrected chi connectivity index (χ1v) is 12.8. The fourth-order valence-electron chi connectivity index (χ4n) is 2.47. The lowest BCUT2D eigenvalue weighted by molar-refractivity contribution is -0.222. The van der Waals surface area contributed by atoms with Crippen molar-refractivity contribution in [3.63, 3.8) is 0 Å². The Labute approximate surface area is 212 Å². The van der Waals surface area contributed by atoms with Gasteiger partial charge in [0.2, 0.25) is 0 Å². The molecular formula is C20H21F4N5O6S2. The van der Waals surface area contributed by atoms with Crippen molar-refractivity contribution in [3.05, 3.63) is 48.5 Å². The predicted octanol–water partition coefficient (Wildman–Crippen LogP) is 3.12. The van der Waals surface area contributed by atoms with Gasteiger partial charge in [0.25, 0.3) is 10.0 Å². The average molecular weight is 568 g/mol. The van der Waals surface area contributed by atoms with Crippen LogP contribution in [0.2, 0.25) is 0 Å². The highest BCUT2D eigenvalue weighted by Crippen LogP contribution is 2.34. The lowest BCUT2D eigenvalue weighted by Gasteiger charge is -2.22. The van der Waals surface area contributed by atoms with Crippen LogP contribution in [0.25, 0.3) is 0 Å². The lowest BCUT2D eigenvalue weighted by Crippen LogP contribution is -2.57. The average Bonchev–Trinajstić information content (AvgIpc) is 2.82. The Morgan fingerprint density at radius 2 is 1.54 bits per heavy atom. The smallest absolute Gasteiger partial charge is 0.413 e. The van der Waals surface area contributed by atoms with E-state index in [-0.39, 0.29) is 27.3 Å². The molecule has 1 atom stereocenters. The van der Waals surface area contributed by atoms with E-state index < -0.39 is 39.8 Å². The van der Waals surface area contributed by atoms with E-state index in [1.807, 2.05) is 5.43 Å². The van der Waals surface area contributed by atoms with Crippen LogP contribution in [0.3, 0.4) is 0 Å². The van der Waals surface area contributed by atoms with E-state index in [0.717, 1.165) is 24.3 Å². The van der Waals surface area contributed by atoms with Crippen LogP contribution in [0.4, 0.5) is 39.4 Å². The van der Waals surface area contributed by atoms with Gasteiger partial charge in [0.1, 0.15) is 0 Å². The van der Waals surface area contributed by atoms with Crippen molar-refractivity contribution in [1.82, 2.24) is 10.7 Å². The van der Waals surface area contributed by atoms with Gasteiger partial charge in [-0.3, -0.25) is 20.4 Å². The zero-order chi connectivity index (χ0) is 28.0. The maximum Gasteiger partial charge on any atom is 0.413 e. The molecule has 0 aliphatic heterocycles. The SMILES string of the molecule is CSC(C)NC(=O)Nc1cccc(S(=O)(=O)Nc2ccc(NNC(=O)C(F)(F)C(F)(F)C(=O)O)cc2)c1. The molecule has 0 saturated carbocycles. The van der Waals surface area contributed by atoms with Gasteiger partial charge in [-0.15, -0.1) is 11.8 Å². The summed E-state index contributed by atoms with van der Waals surface area (Å²) in [6.45, 7) is 1.76. The number of halogens is 4. The summed E-state index contributed by atoms with van der Waals surface area (Å²) in [5.74, 6) is -17.0. The Morgan fingerprint density at radius 1 is 0.946 bits per heavy atom. The number of carbonyl (C=O) groups excluding carboxylic acids is 2. The monoisotopic (exact) mass is 567 g/mol. The van der Waals surface area contributed by atoms with Crippen LogP contribution in [-0.4, -0.2) is 54.9 Å². The minimum atomic E-state index is -5.65. The molecule has 3 amide bonds. The number of nitrogens with one attached hydrogen (secondary N) is 5. The zero-order valence-electron chi connectivity index (χ0n) is 19.0. The zero-order valence-corrected chi connectivity index (χ0v) is 20.6. The molecule has 17 heteroatoms. The number of rotatable bonds is 11. The molecule has 0 spiro atoms. The molecule has 2 aromatic rings. The number of carbonyl (C=O) groups is 3. The number of benzene rings is 2. The summed E-state index contributed by atoms with van der Waals surface area (Å²) < 4.78 is 80.7. The molecule has 0 fully saturated rings. The summed E-state index contributed by atoms with van der Waals surface area (Å²) in [6.07, 6.45) is 1.80. The number of hydrogen-bond donors (Lipinski definition) is 6. The Kier molecular flexibility index (Phi) is 9.21. The Hall–Kier alpha value is -3.73. The van der Waals surface area contributed by atoms with Crippen LogP contribution < -0.4 is 26.2 Å². The normalized spacial score (nSPS) is 12.7. The summed E-state index contributed by atoms with van der Waals surface area (Å²) in [4.78, 5) is 33.4. The van der Waals surface area contributed by atoms with E-state index in [1.54, 1.807) is 13.2 Å². The minimum Gasteiger partial charge on any atom is -0.477 e. The second-order valence-electron chi connectivity index (χ2n) is 7.22. The lowest BCUT2D eigenvalue weighted by atomic mass is 10.1. The molecule has 0 heterocycles. The molecule has 0 aliphatic carbocycles. The van der Waals surface area contributed by atoms with Gasteiger partial charge in [-0.1, -0.05) is 6.07 Å². The molecule has 6 N–H and O–H groups in total. The third-order valence-corrected chi connectivity index (χ3v) is 6.70. The number of amides is 3. The number of carboxylic acid groups (broad SMARTS) is 1.